The Morgan fingerprint density at radius 3 is 1.69 bits per heavy atom. The van der Waals surface area contributed by atoms with Crippen LogP contribution in [0.3, 0.4) is 0 Å². The van der Waals surface area contributed by atoms with E-state index in [-0.39, 0.29) is 32.6 Å². The monoisotopic (exact) mass is 876 g/mol. The van der Waals surface area contributed by atoms with Gasteiger partial charge in [0.15, 0.2) is 6.10 Å². The lowest BCUT2D eigenvalue weighted by Gasteiger charge is -2.19. The standard InChI is InChI=1S/C49H82NO10P/c1-3-5-7-8-9-10-11-12-13-14-15-16-17-18-19-20-21-26-34-40-49(54)60-47(44-59-61(55,56)58-42-41-50)43-57-48(53)39-33-25-23-22-24-30-36-46(52)38-32-28-27-31-37-45(51)35-29-6-4-2/h6,9-10,12-13,23-25,27-32,37-38,45-47,51-52H,3-5,7-8,11,14-22,26,33-36,39-44,50H2,1-2H3,(H,55,56)/b10-9-,13-12-,25-23-,28-27-,29-6-,30-24-,37-31+,38-32+/t45-,46+,47-/m1/s1. The van der Waals surface area contributed by atoms with E-state index in [1.807, 2.05) is 43.4 Å². The number of ether oxygens (including phenoxy) is 2. The molecule has 0 aromatic rings. The van der Waals surface area contributed by atoms with Gasteiger partial charge in [0.2, 0.25) is 0 Å². The van der Waals surface area contributed by atoms with Crippen molar-refractivity contribution in [3.05, 3.63) is 97.2 Å². The van der Waals surface area contributed by atoms with E-state index in [1.165, 1.54) is 57.8 Å². The predicted octanol–water partition coefficient (Wildman–Crippen LogP) is 11.3. The number of unbranched alkanes of at least 4 members (excludes halogenated alkanes) is 12. The maximum absolute atomic E-state index is 12.6. The second-order valence-corrected chi connectivity index (χ2v) is 16.4. The topological polar surface area (TPSA) is 175 Å². The van der Waals surface area contributed by atoms with Gasteiger partial charge in [0.05, 0.1) is 25.4 Å². The number of carbonyl (C=O) groups is 2. The highest BCUT2D eigenvalue weighted by Gasteiger charge is 2.26. The van der Waals surface area contributed by atoms with Crippen molar-refractivity contribution >= 4 is 19.8 Å². The maximum Gasteiger partial charge on any atom is 0.472 e. The Labute approximate surface area is 369 Å². The Morgan fingerprint density at radius 2 is 1.11 bits per heavy atom. The minimum absolute atomic E-state index is 0.0214. The van der Waals surface area contributed by atoms with Gasteiger partial charge < -0.3 is 30.3 Å². The lowest BCUT2D eigenvalue weighted by molar-refractivity contribution is -0.161. The van der Waals surface area contributed by atoms with E-state index in [1.54, 1.807) is 36.5 Å². The Hall–Kier alpha value is -3.15. The molecule has 0 saturated heterocycles. The molecule has 0 aromatic heterocycles. The molecule has 0 fully saturated rings. The fourth-order valence-electron chi connectivity index (χ4n) is 5.69. The summed E-state index contributed by atoms with van der Waals surface area (Å²) in [4.78, 5) is 34.9. The van der Waals surface area contributed by atoms with E-state index in [2.05, 4.69) is 31.2 Å². The quantitative estimate of drug-likeness (QED) is 0.0151. The molecule has 0 spiro atoms. The normalized spacial score (nSPS) is 15.2. The minimum Gasteiger partial charge on any atom is -0.462 e. The first kappa shape index (κ1) is 57.9. The largest absolute Gasteiger partial charge is 0.472 e. The first-order valence-electron chi connectivity index (χ1n) is 22.9. The van der Waals surface area contributed by atoms with Crippen LogP contribution >= 0.6 is 7.82 Å². The van der Waals surface area contributed by atoms with Crippen LogP contribution in [-0.4, -0.2) is 71.7 Å². The molecule has 1 unspecified atom stereocenters. The molecule has 0 heterocycles. The molecule has 0 aliphatic heterocycles. The fraction of sp³-hybridized carbons (Fsp3) is 0.633. The third-order valence-electron chi connectivity index (χ3n) is 9.13. The van der Waals surface area contributed by atoms with Gasteiger partial charge in [-0.3, -0.25) is 18.6 Å². The third-order valence-corrected chi connectivity index (χ3v) is 10.1. The molecule has 12 heteroatoms. The number of phosphoric acid groups is 1. The lowest BCUT2D eigenvalue weighted by Crippen LogP contribution is -2.29. The molecular formula is C49H82NO10P. The summed E-state index contributed by atoms with van der Waals surface area (Å²) in [6, 6.07) is 0. The van der Waals surface area contributed by atoms with Gasteiger partial charge in [-0.05, 0) is 70.6 Å². The number of allylic oxidation sites excluding steroid dienone is 12. The third kappa shape index (κ3) is 43.3. The predicted molar refractivity (Wildman–Crippen MR) is 250 cm³/mol. The van der Waals surface area contributed by atoms with Crippen LogP contribution in [0.15, 0.2) is 97.2 Å². The molecule has 5 N–H and O–H groups in total. The van der Waals surface area contributed by atoms with E-state index in [0.717, 1.165) is 38.5 Å². The summed E-state index contributed by atoms with van der Waals surface area (Å²) in [6.45, 7) is 3.29. The fourth-order valence-corrected chi connectivity index (χ4v) is 6.45. The zero-order valence-corrected chi connectivity index (χ0v) is 38.5. The van der Waals surface area contributed by atoms with E-state index in [9.17, 15) is 29.3 Å². The Balaban J connectivity index is 4.37. The van der Waals surface area contributed by atoms with Gasteiger partial charge in [-0.2, -0.15) is 0 Å². The number of nitrogens with two attached hydrogens (primary N) is 1. The van der Waals surface area contributed by atoms with E-state index in [0.29, 0.717) is 32.1 Å². The summed E-state index contributed by atoms with van der Waals surface area (Å²) in [5, 5.41) is 20.0. The average Bonchev–Trinajstić information content (AvgIpc) is 3.24. The maximum atomic E-state index is 12.6. The summed E-state index contributed by atoms with van der Waals surface area (Å²) >= 11 is 0. The van der Waals surface area contributed by atoms with Crippen molar-refractivity contribution in [3.63, 3.8) is 0 Å². The molecule has 0 aliphatic carbocycles. The van der Waals surface area contributed by atoms with Crippen molar-refractivity contribution in [2.75, 3.05) is 26.4 Å². The number of hydrogen-bond acceptors (Lipinski definition) is 10. The van der Waals surface area contributed by atoms with Crippen LogP contribution in [0.2, 0.25) is 0 Å². The SMILES string of the molecule is CC/C=C\C[C@@H](O)/C=C/C=C\C=C\[C@@H](O)C/C=C\C/C=C\CCC(=O)OC[C@H](COP(=O)(O)OCCN)OC(=O)CCCCCCCCCCC/C=C\C/C=C\CCCCC. The molecule has 0 aromatic carbocycles. The molecule has 61 heavy (non-hydrogen) atoms. The van der Waals surface area contributed by atoms with Gasteiger partial charge in [-0.25, -0.2) is 4.57 Å². The average molecular weight is 876 g/mol. The van der Waals surface area contributed by atoms with Gasteiger partial charge >= 0.3 is 19.8 Å². The highest BCUT2D eigenvalue weighted by Crippen LogP contribution is 2.43. The van der Waals surface area contributed by atoms with Crippen LogP contribution in [-0.2, 0) is 32.7 Å². The molecule has 348 valence electrons. The molecule has 0 bridgehead atoms. The molecule has 11 nitrogen and oxygen atoms in total. The van der Waals surface area contributed by atoms with Crippen molar-refractivity contribution in [3.8, 4) is 0 Å². The molecule has 0 aliphatic rings. The molecule has 0 rings (SSSR count). The molecule has 0 amide bonds. The van der Waals surface area contributed by atoms with Crippen molar-refractivity contribution in [2.24, 2.45) is 5.73 Å². The number of hydrogen-bond donors (Lipinski definition) is 4. The van der Waals surface area contributed by atoms with Crippen LogP contribution in [0.1, 0.15) is 155 Å². The Morgan fingerprint density at radius 1 is 0.590 bits per heavy atom. The minimum atomic E-state index is -4.43. The van der Waals surface area contributed by atoms with Crippen molar-refractivity contribution in [1.29, 1.82) is 0 Å². The van der Waals surface area contributed by atoms with Crippen molar-refractivity contribution in [1.82, 2.24) is 0 Å². The number of carbonyl (C=O) groups excluding carboxylic acids is 2. The van der Waals surface area contributed by atoms with Crippen LogP contribution in [0.4, 0.5) is 0 Å². The van der Waals surface area contributed by atoms with Crippen molar-refractivity contribution < 1.29 is 47.8 Å². The van der Waals surface area contributed by atoms with Gasteiger partial charge in [-0.1, -0.05) is 169 Å². The summed E-state index contributed by atoms with van der Waals surface area (Å²) in [6.07, 6.45) is 49.4. The summed E-state index contributed by atoms with van der Waals surface area (Å²) in [7, 11) is -4.43. The number of aliphatic hydroxyl groups excluding tert-OH is 2. The lowest BCUT2D eigenvalue weighted by atomic mass is 10.1. The van der Waals surface area contributed by atoms with Crippen molar-refractivity contribution in [2.45, 2.75) is 173 Å². The van der Waals surface area contributed by atoms with Gasteiger partial charge in [-0.15, -0.1) is 0 Å². The van der Waals surface area contributed by atoms with Crippen LogP contribution < -0.4 is 5.73 Å². The summed E-state index contributed by atoms with van der Waals surface area (Å²) in [5.41, 5.74) is 5.34. The van der Waals surface area contributed by atoms with Crippen LogP contribution in [0, 0.1) is 0 Å². The highest BCUT2D eigenvalue weighted by atomic mass is 31.2. The number of phosphoric ester groups is 1. The summed E-state index contributed by atoms with van der Waals surface area (Å²) in [5.74, 6) is -1.01. The molecular weight excluding hydrogens is 794 g/mol. The highest BCUT2D eigenvalue weighted by molar-refractivity contribution is 7.47. The zero-order valence-electron chi connectivity index (χ0n) is 37.6. The first-order valence-corrected chi connectivity index (χ1v) is 24.4. The van der Waals surface area contributed by atoms with Crippen LogP contribution in [0.25, 0.3) is 0 Å². The smallest absolute Gasteiger partial charge is 0.462 e. The summed E-state index contributed by atoms with van der Waals surface area (Å²) < 4.78 is 32.7. The van der Waals surface area contributed by atoms with E-state index in [4.69, 9.17) is 24.3 Å². The number of esters is 2. The molecule has 4 atom stereocenters. The second-order valence-electron chi connectivity index (χ2n) is 14.9. The second kappa shape index (κ2) is 43.5. The number of rotatable bonds is 41. The number of aliphatic hydroxyl groups is 2. The van der Waals surface area contributed by atoms with Gasteiger partial charge in [0.25, 0.3) is 0 Å². The van der Waals surface area contributed by atoms with Gasteiger partial charge in [0, 0.05) is 19.4 Å². The Bertz CT molecular complexity index is 1350. The Kier molecular flexibility index (Phi) is 41.3. The van der Waals surface area contributed by atoms with E-state index < -0.39 is 44.7 Å². The zero-order chi connectivity index (χ0) is 44.9. The molecule has 0 radical (unpaired) electrons. The first-order chi connectivity index (χ1) is 29.6. The molecule has 0 saturated carbocycles. The van der Waals surface area contributed by atoms with E-state index >= 15 is 0 Å². The van der Waals surface area contributed by atoms with Crippen LogP contribution in [0.5, 0.6) is 0 Å². The van der Waals surface area contributed by atoms with Gasteiger partial charge in [0.1, 0.15) is 6.61 Å².